The van der Waals surface area contributed by atoms with Crippen LogP contribution in [0.3, 0.4) is 0 Å². The Bertz CT molecular complexity index is 1280. The monoisotopic (exact) mass is 501 g/mol. The highest BCUT2D eigenvalue weighted by molar-refractivity contribution is 6.39. The van der Waals surface area contributed by atoms with Crippen LogP contribution in [-0.4, -0.2) is 54.5 Å². The molecule has 2 aromatic carbocycles. The van der Waals surface area contributed by atoms with Gasteiger partial charge >= 0.3 is 6.36 Å². The van der Waals surface area contributed by atoms with E-state index >= 15 is 0 Å². The number of anilines is 2. The third kappa shape index (κ3) is 4.71. The first-order chi connectivity index (χ1) is 17.2. The summed E-state index contributed by atoms with van der Waals surface area (Å²) in [4.78, 5) is 32.5. The van der Waals surface area contributed by atoms with Crippen molar-refractivity contribution in [3.8, 4) is 5.75 Å². The predicted octanol–water partition coefficient (Wildman–Crippen LogP) is 3.04. The van der Waals surface area contributed by atoms with Crippen molar-refractivity contribution in [1.82, 2.24) is 4.90 Å². The van der Waals surface area contributed by atoms with E-state index in [1.165, 1.54) is 6.07 Å². The van der Waals surface area contributed by atoms with Crippen molar-refractivity contribution in [2.45, 2.75) is 25.2 Å². The van der Waals surface area contributed by atoms with Gasteiger partial charge in [-0.25, -0.2) is 0 Å². The molecule has 0 radical (unpaired) electrons. The zero-order valence-electron chi connectivity index (χ0n) is 18.9. The number of para-hydroxylation sites is 1. The van der Waals surface area contributed by atoms with Crippen LogP contribution in [0.25, 0.3) is 5.57 Å². The van der Waals surface area contributed by atoms with E-state index in [1.54, 1.807) is 29.2 Å². The topological polar surface area (TPSA) is 118 Å². The average Bonchev–Trinajstić information content (AvgIpc) is 3.34. The van der Waals surface area contributed by atoms with Crippen LogP contribution in [0.15, 0.2) is 53.3 Å². The minimum atomic E-state index is -4.88. The van der Waals surface area contributed by atoms with Crippen LogP contribution in [0.1, 0.15) is 24.0 Å². The number of amides is 2. The van der Waals surface area contributed by atoms with E-state index in [9.17, 15) is 22.8 Å². The van der Waals surface area contributed by atoms with Crippen molar-refractivity contribution in [2.75, 3.05) is 30.3 Å². The lowest BCUT2D eigenvalue weighted by molar-refractivity contribution is -0.274. The number of hydrogen-bond donors (Lipinski definition) is 3. The lowest BCUT2D eigenvalue weighted by Gasteiger charge is -2.29. The number of nitrogens with one attached hydrogen (secondary N) is 2. The highest BCUT2D eigenvalue weighted by Gasteiger charge is 2.36. The standard InChI is InChI=1S/C24H22F3N5O4/c25-24(26,27)36-14-5-6-18-16(11-14)20(23(34)30-18)22-21(15-3-1-2-4-17(15)29-22)31-35-12-19(33)32-9-7-13(28)8-10-32/h1-6,11,13,29H,7-10,12,28H2,(H,30,34)/b22-20-,31-21+. The Kier molecular flexibility index (Phi) is 6.04. The van der Waals surface area contributed by atoms with Crippen molar-refractivity contribution in [3.63, 3.8) is 0 Å². The molecule has 0 atom stereocenters. The first kappa shape index (κ1) is 23.7. The number of oxime groups is 1. The van der Waals surface area contributed by atoms with Gasteiger partial charge in [0, 0.05) is 41.6 Å². The maximum absolute atomic E-state index is 12.9. The number of ether oxygens (including phenoxy) is 1. The molecule has 0 saturated carbocycles. The van der Waals surface area contributed by atoms with E-state index in [0.717, 1.165) is 12.1 Å². The summed E-state index contributed by atoms with van der Waals surface area (Å²) in [5.41, 5.74) is 8.23. The van der Waals surface area contributed by atoms with E-state index in [4.69, 9.17) is 10.6 Å². The molecule has 3 aliphatic heterocycles. The molecule has 9 nitrogen and oxygen atoms in total. The van der Waals surface area contributed by atoms with Crippen molar-refractivity contribution in [1.29, 1.82) is 0 Å². The van der Waals surface area contributed by atoms with Gasteiger partial charge < -0.3 is 30.8 Å². The van der Waals surface area contributed by atoms with Gasteiger partial charge in [0.05, 0.1) is 11.3 Å². The number of halogens is 3. The number of allylic oxidation sites excluding steroid dienone is 1. The van der Waals surface area contributed by atoms with Crippen molar-refractivity contribution in [3.05, 3.63) is 59.3 Å². The zero-order chi connectivity index (χ0) is 25.4. The molecule has 12 heteroatoms. The average molecular weight is 501 g/mol. The molecule has 3 heterocycles. The van der Waals surface area contributed by atoms with Gasteiger partial charge in [0.15, 0.2) is 6.61 Å². The largest absolute Gasteiger partial charge is 0.573 e. The molecule has 2 amide bonds. The van der Waals surface area contributed by atoms with Crippen LogP contribution in [0.2, 0.25) is 0 Å². The molecule has 5 rings (SSSR count). The highest BCUT2D eigenvalue weighted by Crippen LogP contribution is 2.41. The van der Waals surface area contributed by atoms with Crippen LogP contribution < -0.4 is 21.1 Å². The number of likely N-dealkylation sites (tertiary alicyclic amines) is 1. The molecule has 1 fully saturated rings. The summed E-state index contributed by atoms with van der Waals surface area (Å²) in [5.74, 6) is -1.23. The fourth-order valence-corrected chi connectivity index (χ4v) is 4.39. The summed E-state index contributed by atoms with van der Waals surface area (Å²) in [6.07, 6.45) is -3.46. The van der Waals surface area contributed by atoms with Crippen LogP contribution in [0.5, 0.6) is 5.75 Å². The Morgan fingerprint density at radius 1 is 1.08 bits per heavy atom. The van der Waals surface area contributed by atoms with Gasteiger partial charge in [0.1, 0.15) is 11.5 Å². The smallest absolute Gasteiger partial charge is 0.406 e. The second-order valence-electron chi connectivity index (χ2n) is 8.56. The normalized spacial score (nSPS) is 20.6. The summed E-state index contributed by atoms with van der Waals surface area (Å²) in [6, 6.07) is 10.7. The number of piperidine rings is 1. The van der Waals surface area contributed by atoms with Gasteiger partial charge in [-0.2, -0.15) is 0 Å². The first-order valence-corrected chi connectivity index (χ1v) is 11.3. The second kappa shape index (κ2) is 9.19. The lowest BCUT2D eigenvalue weighted by atomic mass is 10.0. The molecular weight excluding hydrogens is 479 g/mol. The SMILES string of the molecule is NC1CCN(C(=O)CO/N=C2/C(=C3/C(=O)Nc4ccc(OC(F)(F)F)cc43)Nc3ccccc32)CC1. The van der Waals surface area contributed by atoms with E-state index in [0.29, 0.717) is 42.9 Å². The lowest BCUT2D eigenvalue weighted by Crippen LogP contribution is -2.44. The minimum absolute atomic E-state index is 0.0764. The van der Waals surface area contributed by atoms with E-state index in [2.05, 4.69) is 20.5 Å². The Morgan fingerprint density at radius 3 is 2.56 bits per heavy atom. The summed E-state index contributed by atoms with van der Waals surface area (Å²) < 4.78 is 42.3. The summed E-state index contributed by atoms with van der Waals surface area (Å²) in [5, 5.41) is 9.91. The fraction of sp³-hybridized carbons (Fsp3) is 0.292. The number of carbonyl (C=O) groups is 2. The van der Waals surface area contributed by atoms with Crippen LogP contribution in [0.4, 0.5) is 24.5 Å². The quantitative estimate of drug-likeness (QED) is 0.438. The molecule has 0 spiro atoms. The number of carbonyl (C=O) groups excluding carboxylic acids is 2. The van der Waals surface area contributed by atoms with Crippen molar-refractivity contribution < 1.29 is 32.3 Å². The molecule has 0 aromatic heterocycles. The Labute approximate surface area is 203 Å². The summed E-state index contributed by atoms with van der Waals surface area (Å²) in [6.45, 7) is 0.772. The van der Waals surface area contributed by atoms with Gasteiger partial charge in [0.2, 0.25) is 0 Å². The molecule has 0 aliphatic carbocycles. The number of rotatable bonds is 4. The number of benzene rings is 2. The number of nitrogens with zero attached hydrogens (tertiary/aromatic N) is 2. The molecule has 0 unspecified atom stereocenters. The van der Waals surface area contributed by atoms with Crippen LogP contribution in [0, 0.1) is 0 Å². The predicted molar refractivity (Wildman–Crippen MR) is 125 cm³/mol. The molecule has 0 bridgehead atoms. The highest BCUT2D eigenvalue weighted by atomic mass is 19.4. The minimum Gasteiger partial charge on any atom is -0.406 e. The van der Waals surface area contributed by atoms with E-state index < -0.39 is 18.0 Å². The Morgan fingerprint density at radius 2 is 1.81 bits per heavy atom. The third-order valence-corrected chi connectivity index (χ3v) is 6.13. The zero-order valence-corrected chi connectivity index (χ0v) is 18.9. The third-order valence-electron chi connectivity index (χ3n) is 6.13. The molecule has 4 N–H and O–H groups in total. The van der Waals surface area contributed by atoms with Crippen molar-refractivity contribution in [2.24, 2.45) is 10.9 Å². The number of alkyl halides is 3. The molecule has 188 valence electrons. The molecule has 1 saturated heterocycles. The van der Waals surface area contributed by atoms with Gasteiger partial charge in [0.25, 0.3) is 11.8 Å². The van der Waals surface area contributed by atoms with E-state index in [1.807, 2.05) is 0 Å². The number of hydrogen-bond acceptors (Lipinski definition) is 7. The summed E-state index contributed by atoms with van der Waals surface area (Å²) in [7, 11) is 0. The maximum Gasteiger partial charge on any atom is 0.573 e. The Hall–Kier alpha value is -4.06. The fourth-order valence-electron chi connectivity index (χ4n) is 4.39. The van der Waals surface area contributed by atoms with Gasteiger partial charge in [-0.1, -0.05) is 23.4 Å². The number of nitrogens with two attached hydrogens (primary N) is 1. The summed E-state index contributed by atoms with van der Waals surface area (Å²) >= 11 is 0. The number of fused-ring (bicyclic) bond motifs is 2. The van der Waals surface area contributed by atoms with Gasteiger partial charge in [-0.15, -0.1) is 13.2 Å². The van der Waals surface area contributed by atoms with Gasteiger partial charge in [-0.05, 0) is 37.1 Å². The molecular formula is C24H22F3N5O4. The Balaban J connectivity index is 1.46. The first-order valence-electron chi connectivity index (χ1n) is 11.3. The van der Waals surface area contributed by atoms with E-state index in [-0.39, 0.29) is 41.1 Å². The van der Waals surface area contributed by atoms with Crippen LogP contribution in [-0.2, 0) is 14.4 Å². The van der Waals surface area contributed by atoms with Gasteiger partial charge in [-0.3, -0.25) is 9.59 Å². The van der Waals surface area contributed by atoms with Crippen LogP contribution >= 0.6 is 0 Å². The van der Waals surface area contributed by atoms with Crippen molar-refractivity contribution >= 4 is 34.5 Å². The maximum atomic E-state index is 12.9. The molecule has 3 aliphatic rings. The second-order valence-corrected chi connectivity index (χ2v) is 8.56. The molecule has 2 aromatic rings. The molecule has 36 heavy (non-hydrogen) atoms.